The van der Waals surface area contributed by atoms with E-state index in [-0.39, 0.29) is 5.91 Å². The van der Waals surface area contributed by atoms with Gasteiger partial charge in [-0.15, -0.1) is 0 Å². The first kappa shape index (κ1) is 14.9. The monoisotopic (exact) mass is 275 g/mol. The second kappa shape index (κ2) is 6.78. The maximum atomic E-state index is 12.3. The molecule has 1 aliphatic carbocycles. The minimum Gasteiger partial charge on any atom is -0.480 e. The van der Waals surface area contributed by atoms with Gasteiger partial charge in [-0.3, -0.25) is 4.79 Å². The van der Waals surface area contributed by atoms with Gasteiger partial charge < -0.3 is 10.1 Å². The van der Waals surface area contributed by atoms with Crippen molar-refractivity contribution in [3.8, 4) is 5.75 Å². The van der Waals surface area contributed by atoms with Crippen molar-refractivity contribution in [1.29, 1.82) is 0 Å². The summed E-state index contributed by atoms with van der Waals surface area (Å²) in [5.41, 5.74) is 2.22. The fourth-order valence-corrected chi connectivity index (χ4v) is 2.67. The second-order valence-corrected chi connectivity index (χ2v) is 5.77. The van der Waals surface area contributed by atoms with Crippen LogP contribution in [0.15, 0.2) is 18.2 Å². The first-order chi connectivity index (χ1) is 9.60. The van der Waals surface area contributed by atoms with Gasteiger partial charge in [0.1, 0.15) is 5.75 Å². The third-order valence-electron chi connectivity index (χ3n) is 3.98. The molecule has 1 unspecified atom stereocenters. The molecule has 3 heteroatoms. The summed E-state index contributed by atoms with van der Waals surface area (Å²) in [5.74, 6) is 0.846. The molecule has 1 atom stereocenters. The van der Waals surface area contributed by atoms with Crippen molar-refractivity contribution in [3.05, 3.63) is 29.3 Å². The molecule has 1 amide bonds. The lowest BCUT2D eigenvalue weighted by Gasteiger charge is -2.21. The third kappa shape index (κ3) is 3.75. The average Bonchev–Trinajstić information content (AvgIpc) is 2.92. The number of rotatable bonds is 5. The van der Waals surface area contributed by atoms with E-state index in [1.807, 2.05) is 32.9 Å². The van der Waals surface area contributed by atoms with Crippen LogP contribution in [-0.4, -0.2) is 18.1 Å². The minimum absolute atomic E-state index is 0.0281. The molecule has 0 aliphatic heterocycles. The number of benzene rings is 1. The van der Waals surface area contributed by atoms with Crippen molar-refractivity contribution in [3.63, 3.8) is 0 Å². The van der Waals surface area contributed by atoms with E-state index in [1.165, 1.54) is 12.8 Å². The number of ether oxygens (including phenoxy) is 1. The first-order valence-corrected chi connectivity index (χ1v) is 7.64. The highest BCUT2D eigenvalue weighted by atomic mass is 16.5. The average molecular weight is 275 g/mol. The summed E-state index contributed by atoms with van der Waals surface area (Å²) in [6, 6.07) is 6.44. The SMILES string of the molecule is CCC(Oc1cc(C)ccc1C)C(=O)NC1CCCC1. The fraction of sp³-hybridized carbons (Fsp3) is 0.588. The topological polar surface area (TPSA) is 38.3 Å². The molecule has 1 aromatic carbocycles. The molecule has 0 aromatic heterocycles. The lowest BCUT2D eigenvalue weighted by Crippen LogP contribution is -2.42. The molecule has 0 spiro atoms. The van der Waals surface area contributed by atoms with Crippen LogP contribution >= 0.6 is 0 Å². The maximum Gasteiger partial charge on any atom is 0.261 e. The fourth-order valence-electron chi connectivity index (χ4n) is 2.67. The number of carbonyl (C=O) groups is 1. The standard InChI is InChI=1S/C17H25NO2/c1-4-15(17(19)18-14-7-5-6-8-14)20-16-11-12(2)9-10-13(16)3/h9-11,14-15H,4-8H2,1-3H3,(H,18,19). The largest absolute Gasteiger partial charge is 0.480 e. The van der Waals surface area contributed by atoms with Crippen LogP contribution in [-0.2, 0) is 4.79 Å². The minimum atomic E-state index is -0.392. The van der Waals surface area contributed by atoms with Crippen molar-refractivity contribution in [2.75, 3.05) is 0 Å². The lowest BCUT2D eigenvalue weighted by atomic mass is 10.1. The zero-order valence-electron chi connectivity index (χ0n) is 12.7. The number of aryl methyl sites for hydroxylation is 2. The normalized spacial score (nSPS) is 16.9. The summed E-state index contributed by atoms with van der Waals surface area (Å²) in [6.45, 7) is 6.03. The third-order valence-corrected chi connectivity index (χ3v) is 3.98. The number of carbonyl (C=O) groups excluding carboxylic acids is 1. The Hall–Kier alpha value is -1.51. The smallest absolute Gasteiger partial charge is 0.261 e. The molecule has 0 heterocycles. The molecule has 1 saturated carbocycles. The molecular formula is C17H25NO2. The Bertz CT molecular complexity index is 464. The van der Waals surface area contributed by atoms with Gasteiger partial charge in [0.15, 0.2) is 6.10 Å². The Labute approximate surface area is 121 Å². The van der Waals surface area contributed by atoms with E-state index < -0.39 is 6.10 Å². The summed E-state index contributed by atoms with van der Waals surface area (Å²) in [4.78, 5) is 12.3. The Morgan fingerprint density at radius 1 is 1.35 bits per heavy atom. The van der Waals surface area contributed by atoms with Gasteiger partial charge in [-0.25, -0.2) is 0 Å². The van der Waals surface area contributed by atoms with Gasteiger partial charge in [-0.1, -0.05) is 31.9 Å². The van der Waals surface area contributed by atoms with Crippen LogP contribution in [0.1, 0.15) is 50.2 Å². The van der Waals surface area contributed by atoms with Crippen molar-refractivity contribution < 1.29 is 9.53 Å². The van der Waals surface area contributed by atoms with Crippen LogP contribution < -0.4 is 10.1 Å². The Morgan fingerprint density at radius 3 is 2.70 bits per heavy atom. The number of hydrogen-bond acceptors (Lipinski definition) is 2. The predicted octanol–water partition coefficient (Wildman–Crippen LogP) is 3.52. The zero-order valence-corrected chi connectivity index (χ0v) is 12.7. The van der Waals surface area contributed by atoms with Gasteiger partial charge in [0, 0.05) is 6.04 Å². The zero-order chi connectivity index (χ0) is 14.5. The second-order valence-electron chi connectivity index (χ2n) is 5.77. The molecule has 1 N–H and O–H groups in total. The quantitative estimate of drug-likeness (QED) is 0.893. The van der Waals surface area contributed by atoms with Crippen molar-refractivity contribution >= 4 is 5.91 Å². The molecule has 1 fully saturated rings. The molecule has 0 bridgehead atoms. The number of nitrogens with one attached hydrogen (secondary N) is 1. The Kier molecular flexibility index (Phi) is 5.05. The van der Waals surface area contributed by atoms with Gasteiger partial charge in [0.2, 0.25) is 0 Å². The highest BCUT2D eigenvalue weighted by molar-refractivity contribution is 5.81. The molecule has 20 heavy (non-hydrogen) atoms. The van der Waals surface area contributed by atoms with E-state index in [0.717, 1.165) is 29.7 Å². The van der Waals surface area contributed by atoms with Gasteiger partial charge >= 0.3 is 0 Å². The van der Waals surface area contributed by atoms with Gasteiger partial charge in [0.25, 0.3) is 5.91 Å². The molecule has 0 saturated heterocycles. The van der Waals surface area contributed by atoms with Gasteiger partial charge in [-0.2, -0.15) is 0 Å². The molecule has 3 nitrogen and oxygen atoms in total. The summed E-state index contributed by atoms with van der Waals surface area (Å²) >= 11 is 0. The van der Waals surface area contributed by atoms with E-state index in [2.05, 4.69) is 11.4 Å². The van der Waals surface area contributed by atoms with Crippen molar-refractivity contribution in [1.82, 2.24) is 5.32 Å². The highest BCUT2D eigenvalue weighted by Crippen LogP contribution is 2.22. The Morgan fingerprint density at radius 2 is 2.05 bits per heavy atom. The number of hydrogen-bond donors (Lipinski definition) is 1. The summed E-state index contributed by atoms with van der Waals surface area (Å²) < 4.78 is 5.94. The lowest BCUT2D eigenvalue weighted by molar-refractivity contribution is -0.128. The molecule has 1 aromatic rings. The highest BCUT2D eigenvalue weighted by Gasteiger charge is 2.23. The van der Waals surface area contributed by atoms with E-state index in [0.29, 0.717) is 12.5 Å². The summed E-state index contributed by atoms with van der Waals surface area (Å²) in [6.07, 6.45) is 4.94. The van der Waals surface area contributed by atoms with Crippen LogP contribution in [0.4, 0.5) is 0 Å². The maximum absolute atomic E-state index is 12.3. The van der Waals surface area contributed by atoms with E-state index in [4.69, 9.17) is 4.74 Å². The van der Waals surface area contributed by atoms with Crippen molar-refractivity contribution in [2.24, 2.45) is 0 Å². The van der Waals surface area contributed by atoms with Crippen LogP contribution in [0.2, 0.25) is 0 Å². The van der Waals surface area contributed by atoms with Crippen LogP contribution in [0.5, 0.6) is 5.75 Å². The summed E-state index contributed by atoms with van der Waals surface area (Å²) in [7, 11) is 0. The number of amides is 1. The molecular weight excluding hydrogens is 250 g/mol. The van der Waals surface area contributed by atoms with Crippen LogP contribution in [0.25, 0.3) is 0 Å². The first-order valence-electron chi connectivity index (χ1n) is 7.64. The molecule has 2 rings (SSSR count). The van der Waals surface area contributed by atoms with Crippen molar-refractivity contribution in [2.45, 2.75) is 65.0 Å². The Balaban J connectivity index is 2.00. The van der Waals surface area contributed by atoms with Gasteiger partial charge in [-0.05, 0) is 50.3 Å². The summed E-state index contributed by atoms with van der Waals surface area (Å²) in [5, 5.41) is 3.12. The van der Waals surface area contributed by atoms with Gasteiger partial charge in [0.05, 0.1) is 0 Å². The van der Waals surface area contributed by atoms with E-state index in [1.54, 1.807) is 0 Å². The molecule has 1 aliphatic rings. The van der Waals surface area contributed by atoms with E-state index >= 15 is 0 Å². The van der Waals surface area contributed by atoms with E-state index in [9.17, 15) is 4.79 Å². The molecule has 0 radical (unpaired) electrons. The molecule has 110 valence electrons. The predicted molar refractivity (Wildman–Crippen MR) is 81.0 cm³/mol. The van der Waals surface area contributed by atoms with Crippen LogP contribution in [0, 0.1) is 13.8 Å². The van der Waals surface area contributed by atoms with Crippen LogP contribution in [0.3, 0.4) is 0 Å².